The minimum absolute atomic E-state index is 0.0243. The van der Waals surface area contributed by atoms with Crippen molar-refractivity contribution in [2.24, 2.45) is 0 Å². The van der Waals surface area contributed by atoms with Gasteiger partial charge in [-0.2, -0.15) is 17.5 Å². The smallest absolute Gasteiger partial charge is 0.341 e. The highest BCUT2D eigenvalue weighted by Gasteiger charge is 2.40. The standard InChI is InChI=1S/C18H24F3N3O3S/c1-14(17(25)23-8-4-5-9-23)22-10-12-24(13-11-22)28(26,27)16-7-3-2-6-15(16)18(19,20)21/h2-3,6-7,14H,4-5,8-13H2,1H3/t14-/m1/s1. The van der Waals surface area contributed by atoms with Gasteiger partial charge in [0.25, 0.3) is 0 Å². The number of hydrogen-bond acceptors (Lipinski definition) is 4. The van der Waals surface area contributed by atoms with E-state index in [1.165, 1.54) is 12.1 Å². The molecule has 3 rings (SSSR count). The van der Waals surface area contributed by atoms with Crippen molar-refractivity contribution in [1.29, 1.82) is 0 Å². The number of alkyl halides is 3. The maximum atomic E-state index is 13.2. The summed E-state index contributed by atoms with van der Waals surface area (Å²) in [5.74, 6) is 0.0243. The van der Waals surface area contributed by atoms with Crippen molar-refractivity contribution < 1.29 is 26.4 Å². The van der Waals surface area contributed by atoms with Gasteiger partial charge in [0.1, 0.15) is 0 Å². The summed E-state index contributed by atoms with van der Waals surface area (Å²) in [6.45, 7) is 3.97. The Balaban J connectivity index is 1.70. The first kappa shape index (κ1) is 21.1. The van der Waals surface area contributed by atoms with Gasteiger partial charge in [-0.1, -0.05) is 12.1 Å². The summed E-state index contributed by atoms with van der Waals surface area (Å²) in [4.78, 5) is 15.5. The molecule has 1 aromatic rings. The van der Waals surface area contributed by atoms with Gasteiger partial charge in [-0.25, -0.2) is 8.42 Å². The number of likely N-dealkylation sites (tertiary alicyclic amines) is 1. The number of halogens is 3. The Morgan fingerprint density at radius 3 is 2.14 bits per heavy atom. The molecule has 10 heteroatoms. The lowest BCUT2D eigenvalue weighted by Gasteiger charge is -2.38. The maximum Gasteiger partial charge on any atom is 0.417 e. The monoisotopic (exact) mass is 419 g/mol. The lowest BCUT2D eigenvalue weighted by molar-refractivity contribution is -0.140. The zero-order valence-corrected chi connectivity index (χ0v) is 16.5. The Hall–Kier alpha value is -1.65. The molecule has 1 amide bonds. The van der Waals surface area contributed by atoms with Crippen LogP contribution >= 0.6 is 0 Å². The van der Waals surface area contributed by atoms with Gasteiger partial charge in [-0.05, 0) is 31.9 Å². The lowest BCUT2D eigenvalue weighted by atomic mass is 10.2. The third-order valence-electron chi connectivity index (χ3n) is 5.41. The molecule has 28 heavy (non-hydrogen) atoms. The van der Waals surface area contributed by atoms with Gasteiger partial charge >= 0.3 is 6.18 Å². The minimum atomic E-state index is -4.75. The van der Waals surface area contributed by atoms with Crippen molar-refractivity contribution in [1.82, 2.24) is 14.1 Å². The molecule has 0 radical (unpaired) electrons. The van der Waals surface area contributed by atoms with Gasteiger partial charge in [0.15, 0.2) is 0 Å². The van der Waals surface area contributed by atoms with Crippen LogP contribution in [0.15, 0.2) is 29.2 Å². The molecule has 0 N–H and O–H groups in total. The van der Waals surface area contributed by atoms with Crippen molar-refractivity contribution >= 4 is 15.9 Å². The van der Waals surface area contributed by atoms with Crippen LogP contribution in [0.25, 0.3) is 0 Å². The number of carbonyl (C=O) groups is 1. The average Bonchev–Trinajstić information content (AvgIpc) is 3.21. The Kier molecular flexibility index (Phi) is 6.02. The molecule has 6 nitrogen and oxygen atoms in total. The predicted octanol–water partition coefficient (Wildman–Crippen LogP) is 2.02. The second-order valence-corrected chi connectivity index (χ2v) is 9.05. The molecule has 2 aliphatic heterocycles. The second kappa shape index (κ2) is 8.00. The Bertz CT molecular complexity index is 815. The van der Waals surface area contributed by atoms with Gasteiger partial charge in [-0.15, -0.1) is 0 Å². The average molecular weight is 419 g/mol. The zero-order chi connectivity index (χ0) is 20.5. The third kappa shape index (κ3) is 4.18. The van der Waals surface area contributed by atoms with Gasteiger partial charge < -0.3 is 4.90 Å². The maximum absolute atomic E-state index is 13.2. The molecule has 2 heterocycles. The summed E-state index contributed by atoms with van der Waals surface area (Å²) in [5.41, 5.74) is -1.16. The van der Waals surface area contributed by atoms with Crippen LogP contribution in [-0.2, 0) is 21.0 Å². The summed E-state index contributed by atoms with van der Waals surface area (Å²) in [6.07, 6.45) is -2.77. The first-order valence-electron chi connectivity index (χ1n) is 9.31. The first-order chi connectivity index (χ1) is 13.1. The summed E-state index contributed by atoms with van der Waals surface area (Å²) >= 11 is 0. The molecule has 0 aromatic heterocycles. The molecule has 0 spiro atoms. The molecule has 1 aromatic carbocycles. The topological polar surface area (TPSA) is 60.9 Å². The Morgan fingerprint density at radius 1 is 1.00 bits per heavy atom. The fourth-order valence-electron chi connectivity index (χ4n) is 3.75. The lowest BCUT2D eigenvalue weighted by Crippen LogP contribution is -2.55. The number of rotatable bonds is 4. The minimum Gasteiger partial charge on any atom is -0.341 e. The summed E-state index contributed by atoms with van der Waals surface area (Å²) in [6, 6.07) is 3.86. The number of piperazine rings is 1. The van der Waals surface area contributed by atoms with E-state index in [-0.39, 0.29) is 25.0 Å². The van der Waals surface area contributed by atoms with Gasteiger partial charge in [0.2, 0.25) is 15.9 Å². The summed E-state index contributed by atoms with van der Waals surface area (Å²) < 4.78 is 66.3. The van der Waals surface area contributed by atoms with E-state index in [1.54, 1.807) is 6.92 Å². The largest absolute Gasteiger partial charge is 0.417 e. The second-order valence-electron chi connectivity index (χ2n) is 7.14. The SMILES string of the molecule is C[C@H](C(=O)N1CCCC1)N1CCN(S(=O)(=O)c2ccccc2C(F)(F)F)CC1. The highest BCUT2D eigenvalue weighted by molar-refractivity contribution is 7.89. The Labute approximate surface area is 162 Å². The molecule has 0 unspecified atom stereocenters. The van der Waals surface area contributed by atoms with Gasteiger partial charge in [0.05, 0.1) is 16.5 Å². The van der Waals surface area contributed by atoms with E-state index in [2.05, 4.69) is 0 Å². The fraction of sp³-hybridized carbons (Fsp3) is 0.611. The molecule has 2 aliphatic rings. The molecule has 2 fully saturated rings. The van der Waals surface area contributed by atoms with E-state index in [1.807, 2.05) is 9.80 Å². The summed E-state index contributed by atoms with van der Waals surface area (Å²) in [5, 5.41) is 0. The van der Waals surface area contributed by atoms with E-state index in [0.29, 0.717) is 13.1 Å². The van der Waals surface area contributed by atoms with Crippen LogP contribution in [0.4, 0.5) is 13.2 Å². The van der Waals surface area contributed by atoms with Gasteiger partial charge in [-0.3, -0.25) is 9.69 Å². The van der Waals surface area contributed by atoms with Crippen LogP contribution in [0.1, 0.15) is 25.3 Å². The van der Waals surface area contributed by atoms with E-state index >= 15 is 0 Å². The number of carbonyl (C=O) groups excluding carboxylic acids is 1. The number of amides is 1. The van der Waals surface area contributed by atoms with Crippen molar-refractivity contribution in [2.45, 2.75) is 36.9 Å². The van der Waals surface area contributed by atoms with Crippen LogP contribution in [0.2, 0.25) is 0 Å². The molecule has 0 bridgehead atoms. The van der Waals surface area contributed by atoms with Crippen molar-refractivity contribution in [3.05, 3.63) is 29.8 Å². The van der Waals surface area contributed by atoms with E-state index in [9.17, 15) is 26.4 Å². The van der Waals surface area contributed by atoms with Crippen LogP contribution in [0.3, 0.4) is 0 Å². The third-order valence-corrected chi connectivity index (χ3v) is 7.36. The zero-order valence-electron chi connectivity index (χ0n) is 15.7. The van der Waals surface area contributed by atoms with Crippen molar-refractivity contribution in [2.75, 3.05) is 39.3 Å². The molecular weight excluding hydrogens is 395 g/mol. The van der Waals surface area contributed by atoms with Crippen LogP contribution in [-0.4, -0.2) is 73.7 Å². The van der Waals surface area contributed by atoms with Crippen LogP contribution < -0.4 is 0 Å². The highest BCUT2D eigenvalue weighted by atomic mass is 32.2. The molecule has 0 aliphatic carbocycles. The van der Waals surface area contributed by atoms with E-state index in [4.69, 9.17) is 0 Å². The quantitative estimate of drug-likeness (QED) is 0.749. The summed E-state index contributed by atoms with van der Waals surface area (Å²) in [7, 11) is -4.27. The van der Waals surface area contributed by atoms with Crippen LogP contribution in [0, 0.1) is 0 Å². The molecule has 0 saturated carbocycles. The van der Waals surface area contributed by atoms with Gasteiger partial charge in [0, 0.05) is 39.3 Å². The number of nitrogens with zero attached hydrogens (tertiary/aromatic N) is 3. The highest BCUT2D eigenvalue weighted by Crippen LogP contribution is 2.35. The number of benzene rings is 1. The Morgan fingerprint density at radius 2 is 1.57 bits per heavy atom. The number of hydrogen-bond donors (Lipinski definition) is 0. The molecular formula is C18H24F3N3O3S. The first-order valence-corrected chi connectivity index (χ1v) is 10.8. The molecule has 2 saturated heterocycles. The molecule has 1 atom stereocenters. The number of sulfonamides is 1. The van der Waals surface area contributed by atoms with Crippen molar-refractivity contribution in [3.63, 3.8) is 0 Å². The van der Waals surface area contributed by atoms with E-state index in [0.717, 1.165) is 42.4 Å². The molecule has 156 valence electrons. The predicted molar refractivity (Wildman–Crippen MR) is 97.1 cm³/mol. The van der Waals surface area contributed by atoms with E-state index < -0.39 is 26.7 Å². The van der Waals surface area contributed by atoms with Crippen molar-refractivity contribution in [3.8, 4) is 0 Å². The normalized spacial score (nSPS) is 21.1. The fourth-order valence-corrected chi connectivity index (χ4v) is 5.39. The van der Waals surface area contributed by atoms with Crippen LogP contribution in [0.5, 0.6) is 0 Å².